The van der Waals surface area contributed by atoms with E-state index in [1.54, 1.807) is 11.0 Å². The van der Waals surface area contributed by atoms with Crippen molar-refractivity contribution in [1.82, 2.24) is 15.1 Å². The van der Waals surface area contributed by atoms with Gasteiger partial charge in [-0.05, 0) is 51.3 Å². The summed E-state index contributed by atoms with van der Waals surface area (Å²) in [6.07, 6.45) is 9.43. The van der Waals surface area contributed by atoms with Crippen LogP contribution in [0.25, 0.3) is 0 Å². The zero-order valence-corrected chi connectivity index (χ0v) is 14.2. The number of likely N-dealkylation sites (tertiary alicyclic amines) is 2. The van der Waals surface area contributed by atoms with Crippen LogP contribution < -0.4 is 5.32 Å². The third kappa shape index (κ3) is 4.17. The normalized spacial score (nSPS) is 22.3. The second-order valence-electron chi connectivity index (χ2n) is 6.72. The minimum Gasteiger partial charge on any atom is -0.472 e. The third-order valence-electron chi connectivity index (χ3n) is 5.01. The Hall–Kier alpha value is -1.82. The molecule has 0 saturated carbocycles. The van der Waals surface area contributed by atoms with Gasteiger partial charge in [0.2, 0.25) is 5.91 Å². The van der Waals surface area contributed by atoms with E-state index in [1.807, 2.05) is 0 Å². The van der Waals surface area contributed by atoms with E-state index in [2.05, 4.69) is 10.2 Å². The van der Waals surface area contributed by atoms with Crippen LogP contribution >= 0.6 is 0 Å². The van der Waals surface area contributed by atoms with Gasteiger partial charge in [0.1, 0.15) is 12.3 Å². The first-order chi connectivity index (χ1) is 11.8. The van der Waals surface area contributed by atoms with E-state index in [4.69, 9.17) is 4.42 Å². The fraction of sp³-hybridized carbons (Fsp3) is 0.667. The lowest BCUT2D eigenvalue weighted by atomic mass is 10.0. The van der Waals surface area contributed by atoms with Crippen LogP contribution in [0, 0.1) is 0 Å². The van der Waals surface area contributed by atoms with E-state index in [0.717, 1.165) is 38.9 Å². The van der Waals surface area contributed by atoms with Crippen LogP contribution in [-0.2, 0) is 4.79 Å². The molecule has 1 aromatic heterocycles. The van der Waals surface area contributed by atoms with Gasteiger partial charge in [0.25, 0.3) is 5.91 Å². The smallest absolute Gasteiger partial charge is 0.257 e. The van der Waals surface area contributed by atoms with Gasteiger partial charge in [0.05, 0.1) is 11.8 Å². The maximum Gasteiger partial charge on any atom is 0.257 e. The quantitative estimate of drug-likeness (QED) is 0.893. The standard InChI is InChI=1S/C18H27N3O3/c22-17(19-8-12-20-9-3-1-4-10-20)16-6-2-5-11-21(16)18(23)15-7-13-24-14-15/h7,13-14,16H,1-6,8-12H2,(H,19,22). The fourth-order valence-electron chi connectivity index (χ4n) is 3.64. The summed E-state index contributed by atoms with van der Waals surface area (Å²) in [6.45, 7) is 4.44. The second-order valence-corrected chi connectivity index (χ2v) is 6.72. The van der Waals surface area contributed by atoms with E-state index >= 15 is 0 Å². The highest BCUT2D eigenvalue weighted by atomic mass is 16.3. The molecule has 0 spiro atoms. The number of piperidine rings is 2. The lowest BCUT2D eigenvalue weighted by Crippen LogP contribution is -2.52. The maximum atomic E-state index is 12.6. The van der Waals surface area contributed by atoms with Crippen molar-refractivity contribution in [3.8, 4) is 0 Å². The van der Waals surface area contributed by atoms with Crippen LogP contribution in [0.3, 0.4) is 0 Å². The first-order valence-electron chi connectivity index (χ1n) is 9.09. The SMILES string of the molecule is O=C(NCCN1CCCCC1)C1CCCCN1C(=O)c1ccoc1. The largest absolute Gasteiger partial charge is 0.472 e. The molecule has 3 rings (SSSR count). The molecule has 0 aromatic carbocycles. The van der Waals surface area contributed by atoms with Gasteiger partial charge in [0.15, 0.2) is 0 Å². The summed E-state index contributed by atoms with van der Waals surface area (Å²) in [5.41, 5.74) is 0.517. The number of rotatable bonds is 5. The van der Waals surface area contributed by atoms with E-state index in [1.165, 1.54) is 31.8 Å². The molecule has 1 N–H and O–H groups in total. The number of amides is 2. The summed E-state index contributed by atoms with van der Waals surface area (Å²) in [4.78, 5) is 29.3. The molecule has 2 aliphatic heterocycles. The van der Waals surface area contributed by atoms with Crippen molar-refractivity contribution < 1.29 is 14.0 Å². The summed E-state index contributed by atoms with van der Waals surface area (Å²) in [5.74, 6) is -0.136. The monoisotopic (exact) mass is 333 g/mol. The highest BCUT2D eigenvalue weighted by molar-refractivity contribution is 5.97. The average Bonchev–Trinajstić information content (AvgIpc) is 3.16. The van der Waals surface area contributed by atoms with Crippen LogP contribution in [0.5, 0.6) is 0 Å². The summed E-state index contributed by atoms with van der Waals surface area (Å²) in [5, 5.41) is 3.03. The van der Waals surface area contributed by atoms with Crippen LogP contribution in [-0.4, -0.2) is 60.4 Å². The van der Waals surface area contributed by atoms with Gasteiger partial charge < -0.3 is 19.5 Å². The predicted octanol–water partition coefficient (Wildman–Crippen LogP) is 1.88. The van der Waals surface area contributed by atoms with Crippen LogP contribution in [0.4, 0.5) is 0 Å². The third-order valence-corrected chi connectivity index (χ3v) is 5.01. The molecule has 132 valence electrons. The van der Waals surface area contributed by atoms with Gasteiger partial charge in [-0.25, -0.2) is 0 Å². The number of furan rings is 1. The zero-order chi connectivity index (χ0) is 16.8. The summed E-state index contributed by atoms with van der Waals surface area (Å²) in [7, 11) is 0. The number of hydrogen-bond acceptors (Lipinski definition) is 4. The van der Waals surface area contributed by atoms with Crippen molar-refractivity contribution in [2.45, 2.75) is 44.6 Å². The van der Waals surface area contributed by atoms with Crippen LogP contribution in [0.1, 0.15) is 48.9 Å². The summed E-state index contributed by atoms with van der Waals surface area (Å²) in [6, 6.07) is 1.30. The predicted molar refractivity (Wildman–Crippen MR) is 90.7 cm³/mol. The van der Waals surface area contributed by atoms with Crippen molar-refractivity contribution in [1.29, 1.82) is 0 Å². The van der Waals surface area contributed by atoms with Crippen molar-refractivity contribution in [3.63, 3.8) is 0 Å². The average molecular weight is 333 g/mol. The van der Waals surface area contributed by atoms with Gasteiger partial charge in [-0.1, -0.05) is 6.42 Å². The Morgan fingerprint density at radius 1 is 1.12 bits per heavy atom. The molecule has 2 saturated heterocycles. The number of carbonyl (C=O) groups is 2. The Bertz CT molecular complexity index is 538. The van der Waals surface area contributed by atoms with Crippen LogP contribution in [0.2, 0.25) is 0 Å². The minimum atomic E-state index is -0.359. The molecule has 1 unspecified atom stereocenters. The molecular weight excluding hydrogens is 306 g/mol. The summed E-state index contributed by atoms with van der Waals surface area (Å²) >= 11 is 0. The molecule has 2 fully saturated rings. The molecule has 2 aliphatic rings. The molecule has 0 radical (unpaired) electrons. The van der Waals surface area contributed by atoms with Crippen molar-refractivity contribution in [3.05, 3.63) is 24.2 Å². The first kappa shape index (κ1) is 17.0. The van der Waals surface area contributed by atoms with Crippen LogP contribution in [0.15, 0.2) is 23.0 Å². The zero-order valence-electron chi connectivity index (χ0n) is 14.2. The van der Waals surface area contributed by atoms with Crippen molar-refractivity contribution in [2.24, 2.45) is 0 Å². The molecule has 6 heteroatoms. The highest BCUT2D eigenvalue weighted by Crippen LogP contribution is 2.20. The lowest BCUT2D eigenvalue weighted by molar-refractivity contribution is -0.126. The van der Waals surface area contributed by atoms with E-state index < -0.39 is 0 Å². The number of carbonyl (C=O) groups excluding carboxylic acids is 2. The Kier molecular flexibility index (Phi) is 5.91. The van der Waals surface area contributed by atoms with Gasteiger partial charge in [-0.15, -0.1) is 0 Å². The van der Waals surface area contributed by atoms with Gasteiger partial charge in [-0.3, -0.25) is 9.59 Å². The Labute approximate surface area is 143 Å². The molecule has 2 amide bonds. The summed E-state index contributed by atoms with van der Waals surface area (Å²) < 4.78 is 5.00. The van der Waals surface area contributed by atoms with Gasteiger partial charge in [-0.2, -0.15) is 0 Å². The topological polar surface area (TPSA) is 65.8 Å². The van der Waals surface area contributed by atoms with Crippen molar-refractivity contribution >= 4 is 11.8 Å². The highest BCUT2D eigenvalue weighted by Gasteiger charge is 2.32. The molecular formula is C18H27N3O3. The molecule has 24 heavy (non-hydrogen) atoms. The second kappa shape index (κ2) is 8.33. The Morgan fingerprint density at radius 3 is 2.67 bits per heavy atom. The minimum absolute atomic E-state index is 0.0245. The first-order valence-corrected chi connectivity index (χ1v) is 9.09. The Balaban J connectivity index is 1.52. The lowest BCUT2D eigenvalue weighted by Gasteiger charge is -2.34. The number of nitrogens with one attached hydrogen (secondary N) is 1. The molecule has 6 nitrogen and oxygen atoms in total. The van der Waals surface area contributed by atoms with E-state index in [0.29, 0.717) is 18.7 Å². The molecule has 1 atom stereocenters. The maximum absolute atomic E-state index is 12.6. The van der Waals surface area contributed by atoms with Gasteiger partial charge >= 0.3 is 0 Å². The molecule has 0 bridgehead atoms. The van der Waals surface area contributed by atoms with Crippen molar-refractivity contribution in [2.75, 3.05) is 32.7 Å². The molecule has 3 heterocycles. The molecule has 1 aromatic rings. The van der Waals surface area contributed by atoms with E-state index in [9.17, 15) is 9.59 Å². The fourth-order valence-corrected chi connectivity index (χ4v) is 3.64. The Morgan fingerprint density at radius 2 is 1.92 bits per heavy atom. The van der Waals surface area contributed by atoms with Gasteiger partial charge in [0, 0.05) is 19.6 Å². The van der Waals surface area contributed by atoms with E-state index in [-0.39, 0.29) is 17.9 Å². The number of nitrogens with zero attached hydrogens (tertiary/aromatic N) is 2. The molecule has 0 aliphatic carbocycles. The number of hydrogen-bond donors (Lipinski definition) is 1.